The monoisotopic (exact) mass is 408 g/mol. The minimum Gasteiger partial charge on any atom is -0.376 e. The topological polar surface area (TPSA) is 49.7 Å². The van der Waals surface area contributed by atoms with Gasteiger partial charge in [-0.2, -0.15) is 0 Å². The lowest BCUT2D eigenvalue weighted by molar-refractivity contribution is 0.105. The van der Waals surface area contributed by atoms with E-state index < -0.39 is 0 Å². The van der Waals surface area contributed by atoms with E-state index in [2.05, 4.69) is 65.2 Å². The molecule has 3 aliphatic heterocycles. The molecule has 2 saturated heterocycles. The van der Waals surface area contributed by atoms with Gasteiger partial charge in [0.2, 0.25) is 0 Å². The van der Waals surface area contributed by atoms with E-state index in [0.29, 0.717) is 6.54 Å². The van der Waals surface area contributed by atoms with Crippen molar-refractivity contribution in [1.82, 2.24) is 14.8 Å². The molecule has 5 rings (SSSR count). The number of benzene rings is 1. The molecule has 0 bridgehead atoms. The van der Waals surface area contributed by atoms with Gasteiger partial charge in [-0.15, -0.1) is 0 Å². The minimum absolute atomic E-state index is 0.0471. The number of hydrogen-bond acceptors (Lipinski definition) is 3. The molecule has 2 aromatic rings. The number of nitrogens with zero attached hydrogens (tertiary/aromatic N) is 3. The molecular formula is C24H32N4O2. The Labute approximate surface area is 178 Å². The number of nitrogens with one attached hydrogen (secondary N) is 1. The third kappa shape index (κ3) is 3.09. The van der Waals surface area contributed by atoms with Crippen LogP contribution in [0.4, 0.5) is 10.5 Å². The first kappa shape index (κ1) is 19.5. The zero-order valence-corrected chi connectivity index (χ0v) is 18.1. The summed E-state index contributed by atoms with van der Waals surface area (Å²) >= 11 is 0. The van der Waals surface area contributed by atoms with Crippen LogP contribution in [-0.2, 0) is 10.3 Å². The number of fused-ring (bicyclic) bond motifs is 4. The summed E-state index contributed by atoms with van der Waals surface area (Å²) in [5.74, 6) is 0. The third-order valence-corrected chi connectivity index (χ3v) is 7.12. The van der Waals surface area contributed by atoms with Crippen LogP contribution in [0.15, 0.2) is 36.5 Å². The molecule has 6 nitrogen and oxygen atoms in total. The summed E-state index contributed by atoms with van der Waals surface area (Å²) in [7, 11) is 0. The van der Waals surface area contributed by atoms with Crippen molar-refractivity contribution in [2.75, 3.05) is 37.7 Å². The van der Waals surface area contributed by atoms with Crippen LogP contribution in [0, 0.1) is 6.92 Å². The molecule has 6 heteroatoms. The number of ether oxygens (including phenoxy) is 1. The highest BCUT2D eigenvalue weighted by Crippen LogP contribution is 2.48. The van der Waals surface area contributed by atoms with Gasteiger partial charge in [0.25, 0.3) is 0 Å². The lowest BCUT2D eigenvalue weighted by Crippen LogP contribution is -2.58. The number of rotatable bonds is 3. The Morgan fingerprint density at radius 1 is 1.23 bits per heavy atom. The van der Waals surface area contributed by atoms with Crippen molar-refractivity contribution in [3.63, 3.8) is 0 Å². The largest absolute Gasteiger partial charge is 0.376 e. The number of carbonyl (C=O) groups excluding carboxylic acids is 1. The normalized spacial score (nSPS) is 22.1. The Hall–Kier alpha value is -2.47. The van der Waals surface area contributed by atoms with Crippen LogP contribution in [0.3, 0.4) is 0 Å². The summed E-state index contributed by atoms with van der Waals surface area (Å²) < 4.78 is 8.00. The van der Waals surface area contributed by atoms with E-state index >= 15 is 0 Å². The smallest absolute Gasteiger partial charge is 0.317 e. The van der Waals surface area contributed by atoms with E-state index in [1.807, 2.05) is 4.90 Å². The molecule has 1 aromatic carbocycles. The van der Waals surface area contributed by atoms with Crippen molar-refractivity contribution in [3.8, 4) is 5.69 Å². The van der Waals surface area contributed by atoms with Crippen LogP contribution in [0.2, 0.25) is 0 Å². The average Bonchev–Trinajstić information content (AvgIpc) is 3.45. The number of aryl methyl sites for hydroxylation is 1. The van der Waals surface area contributed by atoms with Crippen LogP contribution in [0.5, 0.6) is 0 Å². The highest BCUT2D eigenvalue weighted by molar-refractivity contribution is 5.75. The molecule has 1 N–H and O–H groups in total. The predicted octanol–water partition coefficient (Wildman–Crippen LogP) is 3.81. The first-order valence-corrected chi connectivity index (χ1v) is 11.3. The van der Waals surface area contributed by atoms with Crippen molar-refractivity contribution >= 4 is 11.7 Å². The van der Waals surface area contributed by atoms with E-state index in [1.54, 1.807) is 0 Å². The Bertz CT molecular complexity index is 923. The summed E-state index contributed by atoms with van der Waals surface area (Å²) in [5.41, 5.74) is 5.12. The zero-order valence-electron chi connectivity index (χ0n) is 18.1. The van der Waals surface area contributed by atoms with Gasteiger partial charge in [0.15, 0.2) is 0 Å². The van der Waals surface area contributed by atoms with Crippen LogP contribution in [0.1, 0.15) is 43.9 Å². The number of aromatic nitrogens is 1. The van der Waals surface area contributed by atoms with Gasteiger partial charge in [-0.25, -0.2) is 4.79 Å². The van der Waals surface area contributed by atoms with Gasteiger partial charge >= 0.3 is 6.03 Å². The minimum atomic E-state index is -0.0651. The molecule has 4 heterocycles. The van der Waals surface area contributed by atoms with E-state index in [1.165, 1.54) is 22.6 Å². The fourth-order valence-electron chi connectivity index (χ4n) is 5.59. The SMILES string of the molecule is CCN1c2cc(C)ccc2-n2cccc2C12CCN(C(=O)NC[C@@H]1CCCO1)CC2. The van der Waals surface area contributed by atoms with Gasteiger partial charge in [0.05, 0.1) is 23.0 Å². The lowest BCUT2D eigenvalue weighted by atomic mass is 9.80. The first-order valence-electron chi connectivity index (χ1n) is 11.3. The average molecular weight is 409 g/mol. The van der Waals surface area contributed by atoms with E-state index in [4.69, 9.17) is 4.74 Å². The maximum Gasteiger partial charge on any atom is 0.317 e. The first-order chi connectivity index (χ1) is 14.6. The number of amides is 2. The number of anilines is 1. The third-order valence-electron chi connectivity index (χ3n) is 7.12. The zero-order chi connectivity index (χ0) is 20.7. The standard InChI is InChI=1S/C24H32N4O2/c1-3-28-21-16-18(2)8-9-20(21)27-12-4-7-22(27)24(28)10-13-26(14-11-24)23(29)25-17-19-6-5-15-30-19/h4,7-9,12,16,19H,3,5-6,10-11,13-15,17H2,1-2H3,(H,25,29)/t19-/m0/s1. The second-order valence-corrected chi connectivity index (χ2v) is 8.84. The summed E-state index contributed by atoms with van der Waals surface area (Å²) in [6, 6.07) is 11.2. The van der Waals surface area contributed by atoms with Gasteiger partial charge < -0.3 is 24.4 Å². The van der Waals surface area contributed by atoms with Crippen LogP contribution in [-0.4, -0.2) is 54.4 Å². The quantitative estimate of drug-likeness (QED) is 0.840. The van der Waals surface area contributed by atoms with Gasteiger partial charge in [0.1, 0.15) is 0 Å². The fourth-order valence-corrected chi connectivity index (χ4v) is 5.59. The molecule has 30 heavy (non-hydrogen) atoms. The number of hydrogen-bond donors (Lipinski definition) is 1. The maximum absolute atomic E-state index is 12.8. The Balaban J connectivity index is 1.37. The van der Waals surface area contributed by atoms with Crippen molar-refractivity contribution in [2.45, 2.75) is 51.2 Å². The summed E-state index contributed by atoms with van der Waals surface area (Å²) in [6.45, 7) is 8.32. The fraction of sp³-hybridized carbons (Fsp3) is 0.542. The maximum atomic E-state index is 12.8. The van der Waals surface area contributed by atoms with Gasteiger partial charge in [-0.3, -0.25) is 0 Å². The van der Waals surface area contributed by atoms with E-state index in [-0.39, 0.29) is 17.7 Å². The van der Waals surface area contributed by atoms with Crippen molar-refractivity contribution in [2.24, 2.45) is 0 Å². The van der Waals surface area contributed by atoms with Gasteiger partial charge in [0, 0.05) is 44.7 Å². The molecule has 2 fully saturated rings. The molecule has 0 aliphatic carbocycles. The number of urea groups is 1. The second kappa shape index (κ2) is 7.65. The van der Waals surface area contributed by atoms with Crippen LogP contribution in [0.25, 0.3) is 5.69 Å². The van der Waals surface area contributed by atoms with E-state index in [9.17, 15) is 4.79 Å². The van der Waals surface area contributed by atoms with E-state index in [0.717, 1.165) is 51.9 Å². The highest BCUT2D eigenvalue weighted by atomic mass is 16.5. The number of carbonyl (C=O) groups is 1. The molecular weight excluding hydrogens is 376 g/mol. The molecule has 1 aromatic heterocycles. The molecule has 3 aliphatic rings. The summed E-state index contributed by atoms with van der Waals surface area (Å²) in [6.07, 6.45) is 6.38. The summed E-state index contributed by atoms with van der Waals surface area (Å²) in [4.78, 5) is 17.3. The number of likely N-dealkylation sites (tertiary alicyclic amines) is 1. The van der Waals surface area contributed by atoms with Crippen molar-refractivity contribution in [3.05, 3.63) is 47.8 Å². The van der Waals surface area contributed by atoms with Gasteiger partial charge in [-0.1, -0.05) is 6.07 Å². The highest BCUT2D eigenvalue weighted by Gasteiger charge is 2.46. The predicted molar refractivity (Wildman–Crippen MR) is 118 cm³/mol. The summed E-state index contributed by atoms with van der Waals surface area (Å²) in [5, 5.41) is 3.09. The second-order valence-electron chi connectivity index (χ2n) is 8.84. The molecule has 160 valence electrons. The molecule has 0 unspecified atom stereocenters. The molecule has 2 amide bonds. The van der Waals surface area contributed by atoms with Crippen molar-refractivity contribution < 1.29 is 9.53 Å². The molecule has 1 atom stereocenters. The Kier molecular flexibility index (Phi) is 4.97. The number of piperidine rings is 1. The molecule has 0 saturated carbocycles. The van der Waals surface area contributed by atoms with Crippen LogP contribution >= 0.6 is 0 Å². The Morgan fingerprint density at radius 2 is 2.07 bits per heavy atom. The molecule has 1 spiro atoms. The van der Waals surface area contributed by atoms with Crippen LogP contribution < -0.4 is 10.2 Å². The Morgan fingerprint density at radius 3 is 2.80 bits per heavy atom. The molecule has 0 radical (unpaired) electrons. The van der Waals surface area contributed by atoms with Crippen molar-refractivity contribution in [1.29, 1.82) is 0 Å². The van der Waals surface area contributed by atoms with Gasteiger partial charge in [-0.05, 0) is 69.4 Å². The lowest BCUT2D eigenvalue weighted by Gasteiger charge is -2.53.